The van der Waals surface area contributed by atoms with Crippen LogP contribution in [0, 0.1) is 12.7 Å². The van der Waals surface area contributed by atoms with E-state index in [0.717, 1.165) is 9.87 Å². The number of carbonyl (C=O) groups is 2. The number of sulfonamides is 1. The number of carbonyl (C=O) groups excluding carboxylic acids is 2. The highest BCUT2D eigenvalue weighted by Crippen LogP contribution is 2.26. The van der Waals surface area contributed by atoms with Crippen molar-refractivity contribution in [3.05, 3.63) is 94.8 Å². The van der Waals surface area contributed by atoms with Gasteiger partial charge >= 0.3 is 0 Å². The molecule has 0 aliphatic heterocycles. The van der Waals surface area contributed by atoms with E-state index < -0.39 is 40.2 Å². The van der Waals surface area contributed by atoms with Crippen LogP contribution >= 0.6 is 11.6 Å². The topological polar surface area (TPSA) is 86.8 Å². The van der Waals surface area contributed by atoms with Gasteiger partial charge in [0.15, 0.2) is 0 Å². The molecule has 10 heteroatoms. The fourth-order valence-corrected chi connectivity index (χ4v) is 5.38. The van der Waals surface area contributed by atoms with Crippen LogP contribution in [0.1, 0.15) is 31.9 Å². The zero-order chi connectivity index (χ0) is 28.0. The smallest absolute Gasteiger partial charge is 0.264 e. The van der Waals surface area contributed by atoms with E-state index in [-0.39, 0.29) is 28.7 Å². The number of nitrogens with one attached hydrogen (secondary N) is 1. The van der Waals surface area contributed by atoms with Gasteiger partial charge in [0.05, 0.1) is 10.6 Å². The highest BCUT2D eigenvalue weighted by molar-refractivity contribution is 7.92. The second-order valence-electron chi connectivity index (χ2n) is 9.26. The number of amides is 2. The van der Waals surface area contributed by atoms with Crippen molar-refractivity contribution >= 4 is 39.1 Å². The number of benzene rings is 3. The Morgan fingerprint density at radius 2 is 1.63 bits per heavy atom. The normalized spacial score (nSPS) is 12.2. The summed E-state index contributed by atoms with van der Waals surface area (Å²) in [6.07, 6.45) is 0. The van der Waals surface area contributed by atoms with Crippen molar-refractivity contribution in [2.75, 3.05) is 10.8 Å². The van der Waals surface area contributed by atoms with Gasteiger partial charge in [-0.2, -0.15) is 0 Å². The van der Waals surface area contributed by atoms with Gasteiger partial charge in [0.2, 0.25) is 11.8 Å². The minimum absolute atomic E-state index is 0.0533. The lowest BCUT2D eigenvalue weighted by Gasteiger charge is -2.32. The third-order valence-electron chi connectivity index (χ3n) is 5.87. The molecule has 3 rings (SSSR count). The molecule has 0 heterocycles. The second kappa shape index (κ2) is 12.4. The van der Waals surface area contributed by atoms with E-state index in [4.69, 9.17) is 11.6 Å². The molecular weight excluding hydrogens is 529 g/mol. The molecule has 1 N–H and O–H groups in total. The van der Waals surface area contributed by atoms with Crippen LogP contribution in [0.4, 0.5) is 10.1 Å². The van der Waals surface area contributed by atoms with E-state index in [9.17, 15) is 22.4 Å². The van der Waals surface area contributed by atoms with E-state index in [1.165, 1.54) is 54.3 Å². The maximum absolute atomic E-state index is 14.5. The number of nitrogens with zero attached hydrogens (tertiary/aromatic N) is 2. The first-order valence-corrected chi connectivity index (χ1v) is 13.9. The molecule has 0 aromatic heterocycles. The van der Waals surface area contributed by atoms with Crippen LogP contribution in [0.3, 0.4) is 0 Å². The van der Waals surface area contributed by atoms with Gasteiger partial charge in [-0.25, -0.2) is 12.8 Å². The molecular formula is C28H31ClFN3O4S. The second-order valence-corrected chi connectivity index (χ2v) is 11.6. The lowest BCUT2D eigenvalue weighted by molar-refractivity contribution is -0.139. The van der Waals surface area contributed by atoms with Crippen LogP contribution in [0.15, 0.2) is 77.7 Å². The van der Waals surface area contributed by atoms with Crippen molar-refractivity contribution in [1.29, 1.82) is 0 Å². The lowest BCUT2D eigenvalue weighted by Crippen LogP contribution is -2.52. The fourth-order valence-electron chi connectivity index (χ4n) is 3.84. The number of hydrogen-bond donors (Lipinski definition) is 1. The molecule has 0 radical (unpaired) electrons. The quantitative estimate of drug-likeness (QED) is 0.382. The maximum atomic E-state index is 14.5. The van der Waals surface area contributed by atoms with Crippen LogP contribution in [0.5, 0.6) is 0 Å². The van der Waals surface area contributed by atoms with E-state index in [0.29, 0.717) is 5.02 Å². The molecule has 7 nitrogen and oxygen atoms in total. The molecule has 0 saturated carbocycles. The van der Waals surface area contributed by atoms with Gasteiger partial charge in [-0.1, -0.05) is 41.9 Å². The summed E-state index contributed by atoms with van der Waals surface area (Å²) < 4.78 is 43.0. The Bertz CT molecular complexity index is 1400. The molecule has 0 spiro atoms. The van der Waals surface area contributed by atoms with Gasteiger partial charge in [0.25, 0.3) is 10.0 Å². The predicted molar refractivity (Wildman–Crippen MR) is 147 cm³/mol. The van der Waals surface area contributed by atoms with E-state index in [1.54, 1.807) is 51.1 Å². The van der Waals surface area contributed by atoms with Crippen molar-refractivity contribution < 1.29 is 22.4 Å². The summed E-state index contributed by atoms with van der Waals surface area (Å²) in [6.45, 7) is 6.07. The lowest BCUT2D eigenvalue weighted by atomic mass is 10.1. The minimum atomic E-state index is -4.21. The molecule has 38 heavy (non-hydrogen) atoms. The third kappa shape index (κ3) is 7.11. The number of rotatable bonds is 10. The average Bonchev–Trinajstić information content (AvgIpc) is 2.86. The first kappa shape index (κ1) is 29.1. The molecule has 0 saturated heterocycles. The molecule has 0 bridgehead atoms. The molecule has 0 aliphatic rings. The molecule has 0 unspecified atom stereocenters. The van der Waals surface area contributed by atoms with Crippen molar-refractivity contribution in [3.8, 4) is 0 Å². The summed E-state index contributed by atoms with van der Waals surface area (Å²) in [5, 5.41) is 3.13. The van der Waals surface area contributed by atoms with Crippen LogP contribution in [0.2, 0.25) is 5.02 Å². The van der Waals surface area contributed by atoms with Crippen molar-refractivity contribution in [2.24, 2.45) is 0 Å². The molecule has 1 atom stereocenters. The SMILES string of the molecule is Cc1cccc(N(CC(=O)N(Cc2ccccc2F)[C@@H](C)C(=O)NC(C)C)S(=O)(=O)c2ccc(Cl)cc2)c1. The minimum Gasteiger partial charge on any atom is -0.352 e. The Kier molecular flexibility index (Phi) is 9.51. The summed E-state index contributed by atoms with van der Waals surface area (Å²) in [5.74, 6) is -1.64. The van der Waals surface area contributed by atoms with Gasteiger partial charge in [-0.3, -0.25) is 13.9 Å². The summed E-state index contributed by atoms with van der Waals surface area (Å²) >= 11 is 5.96. The van der Waals surface area contributed by atoms with Crippen LogP contribution < -0.4 is 9.62 Å². The van der Waals surface area contributed by atoms with Crippen molar-refractivity contribution in [3.63, 3.8) is 0 Å². The fraction of sp³-hybridized carbons (Fsp3) is 0.286. The zero-order valence-electron chi connectivity index (χ0n) is 21.7. The number of anilines is 1. The summed E-state index contributed by atoms with van der Waals surface area (Å²) in [7, 11) is -4.21. The Morgan fingerprint density at radius 1 is 0.974 bits per heavy atom. The molecule has 202 valence electrons. The standard InChI is InChI=1S/C28H31ClFN3O4S/c1-19(2)31-28(35)21(4)32(17-22-9-5-6-11-26(22)30)27(34)18-33(24-10-7-8-20(3)16-24)38(36,37)25-14-12-23(29)13-15-25/h5-16,19,21H,17-18H2,1-4H3,(H,31,35)/t21-/m0/s1. The van der Waals surface area contributed by atoms with E-state index in [2.05, 4.69) is 5.32 Å². The van der Waals surface area contributed by atoms with Gasteiger partial charge in [-0.05, 0) is 75.7 Å². The summed E-state index contributed by atoms with van der Waals surface area (Å²) in [6, 6.07) is 17.1. The number of halogens is 2. The number of hydrogen-bond acceptors (Lipinski definition) is 4. The molecule has 3 aromatic rings. The van der Waals surface area contributed by atoms with Crippen LogP contribution in [-0.4, -0.2) is 43.8 Å². The van der Waals surface area contributed by atoms with Crippen molar-refractivity contribution in [2.45, 2.75) is 51.2 Å². The summed E-state index contributed by atoms with van der Waals surface area (Å²) in [4.78, 5) is 27.8. The van der Waals surface area contributed by atoms with E-state index in [1.807, 2.05) is 0 Å². The van der Waals surface area contributed by atoms with Crippen LogP contribution in [0.25, 0.3) is 0 Å². The average molecular weight is 560 g/mol. The zero-order valence-corrected chi connectivity index (χ0v) is 23.3. The third-order valence-corrected chi connectivity index (χ3v) is 7.91. The summed E-state index contributed by atoms with van der Waals surface area (Å²) in [5.41, 5.74) is 1.27. The highest BCUT2D eigenvalue weighted by Gasteiger charge is 2.33. The Labute approximate surface area is 228 Å². The van der Waals surface area contributed by atoms with Gasteiger partial charge in [-0.15, -0.1) is 0 Å². The predicted octanol–water partition coefficient (Wildman–Crippen LogP) is 4.92. The number of aryl methyl sites for hydroxylation is 1. The monoisotopic (exact) mass is 559 g/mol. The van der Waals surface area contributed by atoms with Gasteiger partial charge in [0, 0.05) is 23.2 Å². The first-order chi connectivity index (χ1) is 17.9. The van der Waals surface area contributed by atoms with E-state index >= 15 is 0 Å². The Hall–Kier alpha value is -3.43. The van der Waals surface area contributed by atoms with Gasteiger partial charge in [0.1, 0.15) is 18.4 Å². The highest BCUT2D eigenvalue weighted by atomic mass is 35.5. The Morgan fingerprint density at radius 3 is 2.24 bits per heavy atom. The van der Waals surface area contributed by atoms with Gasteiger partial charge < -0.3 is 10.2 Å². The largest absolute Gasteiger partial charge is 0.352 e. The molecule has 2 amide bonds. The molecule has 3 aromatic carbocycles. The first-order valence-electron chi connectivity index (χ1n) is 12.1. The van der Waals surface area contributed by atoms with Crippen LogP contribution in [-0.2, 0) is 26.2 Å². The van der Waals surface area contributed by atoms with Crippen molar-refractivity contribution in [1.82, 2.24) is 10.2 Å². The molecule has 0 fully saturated rings. The maximum Gasteiger partial charge on any atom is 0.264 e. The Balaban J connectivity index is 2.04. The molecule has 0 aliphatic carbocycles.